The van der Waals surface area contributed by atoms with Gasteiger partial charge in [-0.1, -0.05) is 11.8 Å². The highest BCUT2D eigenvalue weighted by atomic mass is 32.2. The van der Waals surface area contributed by atoms with Crippen molar-refractivity contribution in [2.75, 3.05) is 18.5 Å². The lowest BCUT2D eigenvalue weighted by atomic mass is 10.0. The van der Waals surface area contributed by atoms with E-state index in [-0.39, 0.29) is 11.6 Å². The molecule has 0 saturated carbocycles. The molecule has 0 bridgehead atoms. The number of alkyl halides is 2. The van der Waals surface area contributed by atoms with E-state index in [1.807, 2.05) is 6.92 Å². The molecule has 1 aromatic rings. The van der Waals surface area contributed by atoms with E-state index in [4.69, 9.17) is 4.74 Å². The van der Waals surface area contributed by atoms with E-state index in [0.717, 1.165) is 6.42 Å². The number of carbonyl (C=O) groups excluding carboxylic acids is 1. The summed E-state index contributed by atoms with van der Waals surface area (Å²) in [6.07, 6.45) is 0.768. The first-order valence-corrected chi connectivity index (χ1v) is 7.07. The van der Waals surface area contributed by atoms with Crippen LogP contribution in [0, 0.1) is 0 Å². The van der Waals surface area contributed by atoms with Gasteiger partial charge in [-0.25, -0.2) is 4.79 Å². The van der Waals surface area contributed by atoms with Gasteiger partial charge in [-0.3, -0.25) is 0 Å². The van der Waals surface area contributed by atoms with E-state index >= 15 is 0 Å². The van der Waals surface area contributed by atoms with Crippen LogP contribution in [-0.2, 0) is 4.74 Å². The zero-order chi connectivity index (χ0) is 14.6. The van der Waals surface area contributed by atoms with E-state index in [1.165, 1.54) is 0 Å². The molecule has 1 aromatic carbocycles. The number of rotatable bonds is 4. The summed E-state index contributed by atoms with van der Waals surface area (Å²) < 4.78 is 29.6. The zero-order valence-electron chi connectivity index (χ0n) is 11.0. The Hall–Kier alpha value is -1.34. The molecule has 7 heteroatoms. The van der Waals surface area contributed by atoms with Gasteiger partial charge < -0.3 is 15.4 Å². The van der Waals surface area contributed by atoms with Gasteiger partial charge in [-0.15, -0.1) is 0 Å². The highest BCUT2D eigenvalue weighted by Crippen LogP contribution is 2.26. The van der Waals surface area contributed by atoms with Gasteiger partial charge in [0.2, 0.25) is 0 Å². The molecule has 110 valence electrons. The van der Waals surface area contributed by atoms with Crippen LogP contribution < -0.4 is 10.6 Å². The predicted octanol–water partition coefficient (Wildman–Crippen LogP) is 3.30. The topological polar surface area (TPSA) is 50.4 Å². The molecule has 2 amide bonds. The van der Waals surface area contributed by atoms with Crippen LogP contribution in [0.4, 0.5) is 19.3 Å². The molecule has 4 nitrogen and oxygen atoms in total. The van der Waals surface area contributed by atoms with Crippen LogP contribution in [0.15, 0.2) is 29.2 Å². The number of halogens is 2. The van der Waals surface area contributed by atoms with Crippen molar-refractivity contribution in [2.45, 2.75) is 29.5 Å². The quantitative estimate of drug-likeness (QED) is 0.839. The molecule has 0 aliphatic carbocycles. The van der Waals surface area contributed by atoms with Gasteiger partial charge in [0, 0.05) is 17.2 Å². The molecule has 2 rings (SSSR count). The molecule has 20 heavy (non-hydrogen) atoms. The van der Waals surface area contributed by atoms with Gasteiger partial charge in [0.1, 0.15) is 0 Å². The van der Waals surface area contributed by atoms with Gasteiger partial charge in [-0.05, 0) is 37.6 Å². The maximum Gasteiger partial charge on any atom is 0.319 e. The molecule has 0 unspecified atom stereocenters. The minimum atomic E-state index is -2.44. The highest BCUT2D eigenvalue weighted by molar-refractivity contribution is 7.99. The summed E-state index contributed by atoms with van der Waals surface area (Å²) in [6.45, 7) is 3.04. The van der Waals surface area contributed by atoms with E-state index in [1.54, 1.807) is 24.3 Å². The molecule has 0 radical (unpaired) electrons. The van der Waals surface area contributed by atoms with E-state index in [9.17, 15) is 13.6 Å². The SMILES string of the molecule is C[C@@]1(NC(=O)Nc2ccc(SC(F)F)cc2)CCOC1. The van der Waals surface area contributed by atoms with Crippen LogP contribution in [0.2, 0.25) is 0 Å². The summed E-state index contributed by atoms with van der Waals surface area (Å²) in [6, 6.07) is 5.96. The summed E-state index contributed by atoms with van der Waals surface area (Å²) in [5, 5.41) is 5.52. The number of nitrogens with one attached hydrogen (secondary N) is 2. The third-order valence-electron chi connectivity index (χ3n) is 2.97. The fourth-order valence-electron chi connectivity index (χ4n) is 1.92. The Morgan fingerprint density at radius 1 is 1.40 bits per heavy atom. The number of amides is 2. The van der Waals surface area contributed by atoms with Gasteiger partial charge in [-0.2, -0.15) is 8.78 Å². The van der Waals surface area contributed by atoms with Crippen LogP contribution in [0.25, 0.3) is 0 Å². The van der Waals surface area contributed by atoms with E-state index in [0.29, 0.717) is 35.6 Å². The molecule has 0 spiro atoms. The maximum atomic E-state index is 12.2. The van der Waals surface area contributed by atoms with Crippen molar-refractivity contribution in [2.24, 2.45) is 0 Å². The molecule has 1 aliphatic heterocycles. The minimum absolute atomic E-state index is 0.327. The highest BCUT2D eigenvalue weighted by Gasteiger charge is 2.31. The first kappa shape index (κ1) is 15.1. The lowest BCUT2D eigenvalue weighted by Gasteiger charge is -2.23. The Kier molecular flexibility index (Phi) is 4.82. The molecule has 1 saturated heterocycles. The van der Waals surface area contributed by atoms with Gasteiger partial charge >= 0.3 is 6.03 Å². The first-order chi connectivity index (χ1) is 9.47. The lowest BCUT2D eigenvalue weighted by Crippen LogP contribution is -2.48. The smallest absolute Gasteiger partial charge is 0.319 e. The molecule has 0 aromatic heterocycles. The summed E-state index contributed by atoms with van der Waals surface area (Å²) in [4.78, 5) is 12.3. The Bertz CT molecular complexity index is 462. The third-order valence-corrected chi connectivity index (χ3v) is 3.69. The average Bonchev–Trinajstić information content (AvgIpc) is 2.77. The minimum Gasteiger partial charge on any atom is -0.379 e. The van der Waals surface area contributed by atoms with Crippen molar-refractivity contribution in [1.29, 1.82) is 0 Å². The molecule has 1 heterocycles. The summed E-state index contributed by atoms with van der Waals surface area (Å²) in [5.41, 5.74) is 0.207. The molecule has 1 aliphatic rings. The van der Waals surface area contributed by atoms with Crippen LogP contribution in [0.1, 0.15) is 13.3 Å². The van der Waals surface area contributed by atoms with Crippen molar-refractivity contribution in [1.82, 2.24) is 5.32 Å². The predicted molar refractivity (Wildman–Crippen MR) is 74.3 cm³/mol. The van der Waals surface area contributed by atoms with Crippen molar-refractivity contribution in [3.63, 3.8) is 0 Å². The first-order valence-electron chi connectivity index (χ1n) is 6.19. The van der Waals surface area contributed by atoms with Crippen molar-refractivity contribution in [3.05, 3.63) is 24.3 Å². The van der Waals surface area contributed by atoms with Crippen molar-refractivity contribution >= 4 is 23.5 Å². The number of ether oxygens (including phenoxy) is 1. The summed E-state index contributed by atoms with van der Waals surface area (Å²) in [7, 11) is 0. The molecule has 1 fully saturated rings. The van der Waals surface area contributed by atoms with Gasteiger partial charge in [0.05, 0.1) is 12.1 Å². The number of benzene rings is 1. The van der Waals surface area contributed by atoms with Crippen LogP contribution in [-0.4, -0.2) is 30.5 Å². The number of hydrogen-bond acceptors (Lipinski definition) is 3. The number of urea groups is 1. The number of anilines is 1. The van der Waals surface area contributed by atoms with Crippen LogP contribution in [0.3, 0.4) is 0 Å². The lowest BCUT2D eigenvalue weighted by molar-refractivity contribution is 0.172. The normalized spacial score (nSPS) is 22.0. The van der Waals surface area contributed by atoms with Gasteiger partial charge in [0.25, 0.3) is 5.76 Å². The number of thioether (sulfide) groups is 1. The zero-order valence-corrected chi connectivity index (χ0v) is 11.8. The monoisotopic (exact) mass is 302 g/mol. The van der Waals surface area contributed by atoms with Crippen LogP contribution >= 0.6 is 11.8 Å². The standard InChI is InChI=1S/C13H16F2N2O2S/c1-13(6-7-19-8-13)17-12(18)16-9-2-4-10(5-3-9)20-11(14)15/h2-5,11H,6-8H2,1H3,(H2,16,17,18)/t13-/m1/s1. The fourth-order valence-corrected chi connectivity index (χ4v) is 2.42. The maximum absolute atomic E-state index is 12.2. The van der Waals surface area contributed by atoms with Gasteiger partial charge in [0.15, 0.2) is 0 Å². The van der Waals surface area contributed by atoms with Crippen molar-refractivity contribution in [3.8, 4) is 0 Å². The number of hydrogen-bond donors (Lipinski definition) is 2. The Balaban J connectivity index is 1.87. The van der Waals surface area contributed by atoms with E-state index in [2.05, 4.69) is 10.6 Å². The molecule has 2 N–H and O–H groups in total. The average molecular weight is 302 g/mol. The third kappa shape index (κ3) is 4.35. The van der Waals surface area contributed by atoms with Crippen molar-refractivity contribution < 1.29 is 18.3 Å². The largest absolute Gasteiger partial charge is 0.379 e. The second kappa shape index (κ2) is 6.41. The Labute approximate surface area is 120 Å². The molecule has 1 atom stereocenters. The Morgan fingerprint density at radius 3 is 2.65 bits per heavy atom. The fraction of sp³-hybridized carbons (Fsp3) is 0.462. The second-order valence-corrected chi connectivity index (χ2v) is 5.91. The second-order valence-electron chi connectivity index (χ2n) is 4.85. The molecular formula is C13H16F2N2O2S. The Morgan fingerprint density at radius 2 is 2.10 bits per heavy atom. The molecular weight excluding hydrogens is 286 g/mol. The summed E-state index contributed by atoms with van der Waals surface area (Å²) in [5.74, 6) is -2.44. The number of carbonyl (C=O) groups is 1. The van der Waals surface area contributed by atoms with E-state index < -0.39 is 5.76 Å². The van der Waals surface area contributed by atoms with Crippen LogP contribution in [0.5, 0.6) is 0 Å². The summed E-state index contributed by atoms with van der Waals surface area (Å²) >= 11 is 0.473.